The fraction of sp³-hybridized carbons (Fsp3) is 0.581. The van der Waals surface area contributed by atoms with Crippen molar-refractivity contribution < 1.29 is 68.1 Å². The largest absolute Gasteiger partial charge is 0.451 e. The van der Waals surface area contributed by atoms with Gasteiger partial charge >= 0.3 is 36.7 Å². The van der Waals surface area contributed by atoms with E-state index in [0.29, 0.717) is 35.7 Å². The number of benzene rings is 1. The number of aliphatic imine (C=N–C) groups is 2. The van der Waals surface area contributed by atoms with Gasteiger partial charge in [0, 0.05) is 0 Å². The summed E-state index contributed by atoms with van der Waals surface area (Å²) in [5.74, 6) is -5.35. The zero-order valence-electron chi connectivity index (χ0n) is 28.7. The third kappa shape index (κ3) is 9.48. The first kappa shape index (κ1) is 42.0. The lowest BCUT2D eigenvalue weighted by atomic mass is 10.1. The highest BCUT2D eigenvalue weighted by Crippen LogP contribution is 2.49. The number of carbonyl (C=O) groups excluding carboxylic acids is 3. The summed E-state index contributed by atoms with van der Waals surface area (Å²) >= 11 is 12.6. The van der Waals surface area contributed by atoms with Gasteiger partial charge in [0.2, 0.25) is 5.84 Å². The summed E-state index contributed by atoms with van der Waals surface area (Å²) < 4.78 is 144. The van der Waals surface area contributed by atoms with Gasteiger partial charge in [0.15, 0.2) is 24.4 Å². The minimum absolute atomic E-state index is 0.142. The van der Waals surface area contributed by atoms with Crippen LogP contribution >= 0.6 is 23.2 Å². The molecule has 1 saturated carbocycles. The number of halogens is 11. The average Bonchev–Trinajstić information content (AvgIpc) is 3.59. The van der Waals surface area contributed by atoms with Gasteiger partial charge in [-0.15, -0.1) is 5.01 Å². The van der Waals surface area contributed by atoms with Crippen LogP contribution in [-0.2, 0) is 25.2 Å². The topological polar surface area (TPSA) is 113 Å². The molecular formula is C31H32Cl2F9N5O6. The van der Waals surface area contributed by atoms with Gasteiger partial charge in [0.05, 0.1) is 32.8 Å². The highest BCUT2D eigenvalue weighted by molar-refractivity contribution is 6.39. The zero-order chi connectivity index (χ0) is 40.2. The number of hydrazine groups is 1. The maximum atomic E-state index is 14.9. The molecule has 0 bridgehead atoms. The molecule has 1 fully saturated rings. The van der Waals surface area contributed by atoms with Crippen molar-refractivity contribution in [3.05, 3.63) is 39.1 Å². The Bertz CT molecular complexity index is 1690. The van der Waals surface area contributed by atoms with E-state index in [9.17, 15) is 53.9 Å². The van der Waals surface area contributed by atoms with E-state index < -0.39 is 111 Å². The number of alkyl halides is 9. The van der Waals surface area contributed by atoms with Crippen LogP contribution in [0, 0.1) is 5.92 Å². The van der Waals surface area contributed by atoms with Crippen LogP contribution in [0.2, 0.25) is 10.0 Å². The molecule has 53 heavy (non-hydrogen) atoms. The molecule has 0 N–H and O–H groups in total. The lowest BCUT2D eigenvalue weighted by molar-refractivity contribution is -0.154. The number of hydrogen-bond donors (Lipinski definition) is 0. The van der Waals surface area contributed by atoms with Crippen molar-refractivity contribution in [1.82, 2.24) is 9.91 Å². The van der Waals surface area contributed by atoms with E-state index in [-0.39, 0.29) is 17.0 Å². The molecule has 2 aliphatic heterocycles. The van der Waals surface area contributed by atoms with E-state index in [2.05, 4.69) is 9.98 Å². The van der Waals surface area contributed by atoms with Crippen molar-refractivity contribution in [1.29, 1.82) is 0 Å². The normalized spacial score (nSPS) is 19.2. The van der Waals surface area contributed by atoms with Crippen molar-refractivity contribution in [3.63, 3.8) is 0 Å². The Hall–Kier alpha value is -3.78. The Morgan fingerprint density at radius 1 is 0.811 bits per heavy atom. The highest BCUT2D eigenvalue weighted by atomic mass is 35.5. The second-order valence-corrected chi connectivity index (χ2v) is 14.7. The van der Waals surface area contributed by atoms with Gasteiger partial charge in [0.1, 0.15) is 11.2 Å². The number of amidine groups is 1. The minimum atomic E-state index is -5.80. The summed E-state index contributed by atoms with van der Waals surface area (Å²) in [4.78, 5) is 46.8. The number of esters is 1. The molecule has 2 amide bonds. The maximum absolute atomic E-state index is 14.9. The van der Waals surface area contributed by atoms with Gasteiger partial charge in [-0.05, 0) is 66.5 Å². The second kappa shape index (κ2) is 14.5. The van der Waals surface area contributed by atoms with Crippen LogP contribution in [0.3, 0.4) is 0 Å². The second-order valence-electron chi connectivity index (χ2n) is 13.9. The van der Waals surface area contributed by atoms with Gasteiger partial charge in [-0.2, -0.15) is 44.4 Å². The molecule has 1 aliphatic carbocycles. The molecule has 2 heterocycles. The summed E-state index contributed by atoms with van der Waals surface area (Å²) in [7, 11) is 0. The molecule has 1 aromatic rings. The van der Waals surface area contributed by atoms with Crippen LogP contribution in [-0.4, -0.2) is 76.1 Å². The third-order valence-corrected chi connectivity index (χ3v) is 8.00. The van der Waals surface area contributed by atoms with E-state index in [0.717, 1.165) is 0 Å². The Labute approximate surface area is 306 Å². The van der Waals surface area contributed by atoms with Crippen molar-refractivity contribution in [2.45, 2.75) is 103 Å². The first-order valence-corrected chi connectivity index (χ1v) is 16.4. The molecule has 0 aromatic heterocycles. The Morgan fingerprint density at radius 2 is 1.30 bits per heavy atom. The number of hydrogen-bond acceptors (Lipinski definition) is 10. The number of fused-ring (bicyclic) bond motifs is 1. The summed E-state index contributed by atoms with van der Waals surface area (Å²) in [6.07, 6.45) is -20.8. The van der Waals surface area contributed by atoms with Crippen LogP contribution in [0.4, 0.5) is 54.8 Å². The van der Waals surface area contributed by atoms with Crippen molar-refractivity contribution in [3.8, 4) is 0 Å². The highest BCUT2D eigenvalue weighted by Gasteiger charge is 2.58. The monoisotopic (exact) mass is 811 g/mol. The standard InChI is InChI=1S/C31H32Cl2F9N5O6/c1-27(2,3)52-25(49)46(26(50)53-28(4,5)6)22-18-20(30(37,38)39)43-24(31(40,41)42)44-21(18)45(13-51-23(48)14-9-7-8-10-14)47(22)19-16(32)11-15(12-17(19)33)29(34,35)36/h11-12,14,21H,7-10,13H2,1-6H3. The third-order valence-electron chi connectivity index (χ3n) is 7.43. The summed E-state index contributed by atoms with van der Waals surface area (Å²) in [6.45, 7) is 6.52. The van der Waals surface area contributed by atoms with E-state index >= 15 is 0 Å². The summed E-state index contributed by atoms with van der Waals surface area (Å²) in [5.41, 5.74) is -9.15. The van der Waals surface area contributed by atoms with E-state index in [4.69, 9.17) is 37.4 Å². The van der Waals surface area contributed by atoms with Gasteiger partial charge in [-0.3, -0.25) is 4.79 Å². The number of imide groups is 1. The van der Waals surface area contributed by atoms with Crippen LogP contribution in [0.1, 0.15) is 72.8 Å². The number of carbonyl (C=O) groups is 3. The van der Waals surface area contributed by atoms with Crippen LogP contribution in [0.15, 0.2) is 33.5 Å². The van der Waals surface area contributed by atoms with Crippen molar-refractivity contribution in [2.75, 3.05) is 11.7 Å². The molecule has 0 spiro atoms. The number of ether oxygens (including phenoxy) is 3. The zero-order valence-corrected chi connectivity index (χ0v) is 30.2. The molecular weight excluding hydrogens is 780 g/mol. The van der Waals surface area contributed by atoms with Gasteiger partial charge in [-0.25, -0.2) is 24.6 Å². The van der Waals surface area contributed by atoms with Crippen LogP contribution < -0.4 is 5.01 Å². The number of anilines is 1. The first-order valence-electron chi connectivity index (χ1n) is 15.6. The van der Waals surface area contributed by atoms with Crippen molar-refractivity contribution in [2.24, 2.45) is 15.9 Å². The molecule has 3 aliphatic rings. The Morgan fingerprint density at radius 3 is 1.72 bits per heavy atom. The first-order chi connectivity index (χ1) is 24.0. The van der Waals surface area contributed by atoms with Gasteiger partial charge < -0.3 is 14.2 Å². The molecule has 294 valence electrons. The molecule has 1 unspecified atom stereocenters. The van der Waals surface area contributed by atoms with Gasteiger partial charge in [0.25, 0.3) is 0 Å². The number of rotatable bonds is 5. The smallest absolute Gasteiger partial charge is 0.447 e. The number of nitrogens with zero attached hydrogens (tertiary/aromatic N) is 5. The van der Waals surface area contributed by atoms with E-state index in [1.54, 1.807) is 0 Å². The van der Waals surface area contributed by atoms with Crippen LogP contribution in [0.5, 0.6) is 0 Å². The van der Waals surface area contributed by atoms with Gasteiger partial charge in [-0.1, -0.05) is 36.0 Å². The molecule has 22 heteroatoms. The molecule has 0 radical (unpaired) electrons. The Kier molecular flexibility index (Phi) is 11.5. The quantitative estimate of drug-likeness (QED) is 0.164. The average molecular weight is 813 g/mol. The molecule has 1 atom stereocenters. The molecule has 4 rings (SSSR count). The minimum Gasteiger partial charge on any atom is -0.447 e. The molecule has 0 saturated heterocycles. The molecule has 11 nitrogen and oxygen atoms in total. The lowest BCUT2D eigenvalue weighted by Crippen LogP contribution is -2.51. The Balaban J connectivity index is 2.15. The molecule has 1 aromatic carbocycles. The predicted molar refractivity (Wildman–Crippen MR) is 171 cm³/mol. The maximum Gasteiger partial charge on any atom is 0.451 e. The van der Waals surface area contributed by atoms with E-state index in [1.807, 2.05) is 0 Å². The summed E-state index contributed by atoms with van der Waals surface area (Å²) in [6, 6.07) is 0.564. The SMILES string of the molecule is CC(C)(C)OC(=O)N(C(=O)OC(C)(C)C)C1=C2C(C(F)(F)F)=NC(C(F)(F)F)=NC2N(COC(=O)C2CCCC2)N1c1c(Cl)cc(C(F)(F)F)cc1Cl. The fourth-order valence-corrected chi connectivity index (χ4v) is 6.06. The van der Waals surface area contributed by atoms with E-state index in [1.165, 1.54) is 41.5 Å². The lowest BCUT2D eigenvalue weighted by Gasteiger charge is -2.37. The van der Waals surface area contributed by atoms with Crippen molar-refractivity contribution >= 4 is 58.6 Å². The summed E-state index contributed by atoms with van der Waals surface area (Å²) in [5, 5.41) is -1.27. The van der Waals surface area contributed by atoms with Crippen LogP contribution in [0.25, 0.3) is 0 Å². The number of amides is 2. The predicted octanol–water partition coefficient (Wildman–Crippen LogP) is 9.43. The fourth-order valence-electron chi connectivity index (χ4n) is 5.41.